The lowest BCUT2D eigenvalue weighted by Gasteiger charge is -2.31. The topological polar surface area (TPSA) is 75.0 Å². The van der Waals surface area contributed by atoms with Gasteiger partial charge in [0.25, 0.3) is 5.91 Å². The summed E-state index contributed by atoms with van der Waals surface area (Å²) in [6, 6.07) is 9.82. The molecule has 5 nitrogen and oxygen atoms in total. The number of aromatic nitrogens is 2. The van der Waals surface area contributed by atoms with Crippen LogP contribution in [-0.2, 0) is 0 Å². The summed E-state index contributed by atoms with van der Waals surface area (Å²) in [6.45, 7) is 2.27. The van der Waals surface area contributed by atoms with Gasteiger partial charge in [-0.15, -0.1) is 0 Å². The summed E-state index contributed by atoms with van der Waals surface area (Å²) >= 11 is 0. The fraction of sp³-hybridized carbons (Fsp3) is 0.375. The van der Waals surface area contributed by atoms with E-state index in [9.17, 15) is 4.79 Å². The molecule has 0 spiro atoms. The molecule has 0 atom stereocenters. The van der Waals surface area contributed by atoms with Crippen molar-refractivity contribution in [2.24, 2.45) is 11.7 Å². The molecule has 3 rings (SSSR count). The SMILES string of the molecule is NCC1CCN(C(=O)c2cn[nH]c2-c2ccccc2)CC1. The smallest absolute Gasteiger partial charge is 0.257 e. The van der Waals surface area contributed by atoms with E-state index in [4.69, 9.17) is 5.73 Å². The van der Waals surface area contributed by atoms with Gasteiger partial charge in [-0.25, -0.2) is 0 Å². The van der Waals surface area contributed by atoms with E-state index in [1.54, 1.807) is 6.20 Å². The number of benzene rings is 1. The number of nitrogens with two attached hydrogens (primary N) is 1. The Morgan fingerprint density at radius 1 is 1.29 bits per heavy atom. The summed E-state index contributed by atoms with van der Waals surface area (Å²) in [5.41, 5.74) is 8.12. The maximum atomic E-state index is 12.7. The second kappa shape index (κ2) is 6.10. The highest BCUT2D eigenvalue weighted by atomic mass is 16.2. The van der Waals surface area contributed by atoms with Crippen LogP contribution >= 0.6 is 0 Å². The minimum atomic E-state index is 0.0538. The lowest BCUT2D eigenvalue weighted by atomic mass is 9.96. The Kier molecular flexibility index (Phi) is 4.01. The molecule has 1 aliphatic rings. The van der Waals surface area contributed by atoms with E-state index in [-0.39, 0.29) is 5.91 Å². The number of nitrogens with one attached hydrogen (secondary N) is 1. The van der Waals surface area contributed by atoms with E-state index in [0.717, 1.165) is 37.2 Å². The molecule has 21 heavy (non-hydrogen) atoms. The van der Waals surface area contributed by atoms with Gasteiger partial charge in [0.1, 0.15) is 0 Å². The number of amides is 1. The predicted octanol–water partition coefficient (Wildman–Crippen LogP) is 1.89. The molecule has 1 aliphatic heterocycles. The highest BCUT2D eigenvalue weighted by Crippen LogP contribution is 2.24. The standard InChI is InChI=1S/C16H20N4O/c17-10-12-6-8-20(9-7-12)16(21)14-11-18-19-15(14)13-4-2-1-3-5-13/h1-5,11-12H,6-10,17H2,(H,18,19). The largest absolute Gasteiger partial charge is 0.339 e. The van der Waals surface area contributed by atoms with Gasteiger partial charge in [0, 0.05) is 18.7 Å². The van der Waals surface area contributed by atoms with Crippen LogP contribution in [0.1, 0.15) is 23.2 Å². The average molecular weight is 284 g/mol. The first-order valence-corrected chi connectivity index (χ1v) is 7.37. The molecule has 1 saturated heterocycles. The first-order valence-electron chi connectivity index (χ1n) is 7.37. The number of rotatable bonds is 3. The zero-order chi connectivity index (χ0) is 14.7. The van der Waals surface area contributed by atoms with Crippen molar-refractivity contribution < 1.29 is 4.79 Å². The maximum absolute atomic E-state index is 12.7. The highest BCUT2D eigenvalue weighted by Gasteiger charge is 2.25. The molecule has 0 saturated carbocycles. The molecular formula is C16H20N4O. The third-order valence-electron chi connectivity index (χ3n) is 4.17. The predicted molar refractivity (Wildman–Crippen MR) is 81.7 cm³/mol. The monoisotopic (exact) mass is 284 g/mol. The van der Waals surface area contributed by atoms with E-state index in [2.05, 4.69) is 10.2 Å². The van der Waals surface area contributed by atoms with Crippen LogP contribution in [0.3, 0.4) is 0 Å². The van der Waals surface area contributed by atoms with Gasteiger partial charge in [-0.3, -0.25) is 9.89 Å². The Balaban J connectivity index is 1.79. The van der Waals surface area contributed by atoms with Crippen molar-refractivity contribution in [1.29, 1.82) is 0 Å². The van der Waals surface area contributed by atoms with Gasteiger partial charge in [0.15, 0.2) is 0 Å². The molecule has 1 aromatic heterocycles. The van der Waals surface area contributed by atoms with Gasteiger partial charge in [0.05, 0.1) is 17.5 Å². The van der Waals surface area contributed by atoms with Crippen molar-refractivity contribution in [2.45, 2.75) is 12.8 Å². The van der Waals surface area contributed by atoms with Crippen LogP contribution in [0.15, 0.2) is 36.5 Å². The zero-order valence-electron chi connectivity index (χ0n) is 12.0. The Labute approximate surface area is 124 Å². The number of piperidine rings is 1. The molecule has 0 radical (unpaired) electrons. The lowest BCUT2D eigenvalue weighted by molar-refractivity contribution is 0.0694. The van der Waals surface area contributed by atoms with Crippen LogP contribution in [0.5, 0.6) is 0 Å². The lowest BCUT2D eigenvalue weighted by Crippen LogP contribution is -2.40. The number of carbonyl (C=O) groups is 1. The molecule has 2 heterocycles. The number of aromatic amines is 1. The minimum absolute atomic E-state index is 0.0538. The van der Waals surface area contributed by atoms with Crippen molar-refractivity contribution in [3.05, 3.63) is 42.1 Å². The summed E-state index contributed by atoms with van der Waals surface area (Å²) in [5, 5.41) is 7.00. The van der Waals surface area contributed by atoms with Crippen molar-refractivity contribution in [3.63, 3.8) is 0 Å². The third-order valence-corrected chi connectivity index (χ3v) is 4.17. The number of carbonyl (C=O) groups excluding carboxylic acids is 1. The van der Waals surface area contributed by atoms with E-state index in [0.29, 0.717) is 18.0 Å². The maximum Gasteiger partial charge on any atom is 0.257 e. The molecule has 0 unspecified atom stereocenters. The van der Waals surface area contributed by atoms with Crippen LogP contribution in [-0.4, -0.2) is 40.6 Å². The number of likely N-dealkylation sites (tertiary alicyclic amines) is 1. The first kappa shape index (κ1) is 13.8. The van der Waals surface area contributed by atoms with Crippen LogP contribution in [0.2, 0.25) is 0 Å². The van der Waals surface area contributed by atoms with Crippen molar-refractivity contribution in [3.8, 4) is 11.3 Å². The van der Waals surface area contributed by atoms with Gasteiger partial charge in [0.2, 0.25) is 0 Å². The molecule has 110 valence electrons. The van der Waals surface area contributed by atoms with Crippen molar-refractivity contribution >= 4 is 5.91 Å². The van der Waals surface area contributed by atoms with Crippen LogP contribution < -0.4 is 5.73 Å². The average Bonchev–Trinajstić information content (AvgIpc) is 3.04. The van der Waals surface area contributed by atoms with Gasteiger partial charge >= 0.3 is 0 Å². The van der Waals surface area contributed by atoms with Crippen molar-refractivity contribution in [2.75, 3.05) is 19.6 Å². The number of hydrogen-bond donors (Lipinski definition) is 2. The van der Waals surface area contributed by atoms with E-state index >= 15 is 0 Å². The number of hydrogen-bond acceptors (Lipinski definition) is 3. The summed E-state index contributed by atoms with van der Waals surface area (Å²) < 4.78 is 0. The van der Waals surface area contributed by atoms with Crippen LogP contribution in [0, 0.1) is 5.92 Å². The zero-order valence-corrected chi connectivity index (χ0v) is 12.0. The fourth-order valence-electron chi connectivity index (χ4n) is 2.82. The van der Waals surface area contributed by atoms with Gasteiger partial charge in [-0.1, -0.05) is 30.3 Å². The summed E-state index contributed by atoms with van der Waals surface area (Å²) in [7, 11) is 0. The molecule has 0 bridgehead atoms. The first-order chi connectivity index (χ1) is 10.3. The quantitative estimate of drug-likeness (QED) is 0.903. The molecule has 1 fully saturated rings. The second-order valence-electron chi connectivity index (χ2n) is 5.50. The Hall–Kier alpha value is -2.14. The molecule has 5 heteroatoms. The van der Waals surface area contributed by atoms with E-state index in [1.807, 2.05) is 35.2 Å². The molecule has 0 aliphatic carbocycles. The summed E-state index contributed by atoms with van der Waals surface area (Å²) in [4.78, 5) is 14.6. The molecular weight excluding hydrogens is 264 g/mol. The number of nitrogens with zero attached hydrogens (tertiary/aromatic N) is 2. The van der Waals surface area contributed by atoms with Gasteiger partial charge < -0.3 is 10.6 Å². The van der Waals surface area contributed by atoms with Crippen LogP contribution in [0.25, 0.3) is 11.3 Å². The molecule has 3 N–H and O–H groups in total. The van der Waals surface area contributed by atoms with E-state index in [1.165, 1.54) is 0 Å². The molecule has 1 aromatic carbocycles. The summed E-state index contributed by atoms with van der Waals surface area (Å²) in [5.74, 6) is 0.602. The Morgan fingerprint density at radius 3 is 2.67 bits per heavy atom. The van der Waals surface area contributed by atoms with E-state index < -0.39 is 0 Å². The highest BCUT2D eigenvalue weighted by molar-refractivity contribution is 5.99. The normalized spacial score (nSPS) is 16.1. The Morgan fingerprint density at radius 2 is 2.00 bits per heavy atom. The molecule has 2 aromatic rings. The Bertz CT molecular complexity index is 600. The van der Waals surface area contributed by atoms with Crippen molar-refractivity contribution in [1.82, 2.24) is 15.1 Å². The number of H-pyrrole nitrogens is 1. The van der Waals surface area contributed by atoms with Gasteiger partial charge in [-0.2, -0.15) is 5.10 Å². The second-order valence-corrected chi connectivity index (χ2v) is 5.50. The van der Waals surface area contributed by atoms with Gasteiger partial charge in [-0.05, 0) is 25.3 Å². The van der Waals surface area contributed by atoms with Crippen LogP contribution in [0.4, 0.5) is 0 Å². The third kappa shape index (κ3) is 2.83. The fourth-order valence-corrected chi connectivity index (χ4v) is 2.82. The molecule has 1 amide bonds. The summed E-state index contributed by atoms with van der Waals surface area (Å²) in [6.07, 6.45) is 3.60. The minimum Gasteiger partial charge on any atom is -0.339 e.